The average molecular weight is 255 g/mol. The van der Waals surface area contributed by atoms with E-state index in [1.165, 1.54) is 6.92 Å². The van der Waals surface area contributed by atoms with Crippen molar-refractivity contribution in [2.45, 2.75) is 45.7 Å². The summed E-state index contributed by atoms with van der Waals surface area (Å²) < 4.78 is 18.3. The molecule has 0 radical (unpaired) electrons. The van der Waals surface area contributed by atoms with Gasteiger partial charge in [0.15, 0.2) is 0 Å². The normalized spacial score (nSPS) is 15.2. The molecule has 0 bridgehead atoms. The highest BCUT2D eigenvalue weighted by molar-refractivity contribution is 5.30. The standard InChI is InChI=1S/C14H22FNO2/c1-10(15)16-9-13(17)11-6-5-7-12(8-11)18-14(2,3)4/h5-8,10,13,16-17H,9H2,1-4H3. The van der Waals surface area contributed by atoms with Crippen LogP contribution in [0.15, 0.2) is 24.3 Å². The van der Waals surface area contributed by atoms with Crippen LogP contribution in [0.4, 0.5) is 4.39 Å². The van der Waals surface area contributed by atoms with Gasteiger partial charge in [0.25, 0.3) is 0 Å². The molecule has 0 aliphatic rings. The summed E-state index contributed by atoms with van der Waals surface area (Å²) in [7, 11) is 0. The lowest BCUT2D eigenvalue weighted by Crippen LogP contribution is -2.27. The number of hydrogen-bond donors (Lipinski definition) is 2. The summed E-state index contributed by atoms with van der Waals surface area (Å²) in [5.41, 5.74) is 0.430. The van der Waals surface area contributed by atoms with Crippen LogP contribution < -0.4 is 10.1 Å². The first kappa shape index (κ1) is 14.9. The Hall–Kier alpha value is -1.13. The maximum atomic E-state index is 12.6. The number of hydrogen-bond acceptors (Lipinski definition) is 3. The molecular formula is C14H22FNO2. The Morgan fingerprint density at radius 3 is 2.61 bits per heavy atom. The number of rotatable bonds is 5. The zero-order valence-electron chi connectivity index (χ0n) is 11.4. The monoisotopic (exact) mass is 255 g/mol. The highest BCUT2D eigenvalue weighted by atomic mass is 19.1. The minimum absolute atomic E-state index is 0.177. The van der Waals surface area contributed by atoms with Crippen molar-refractivity contribution < 1.29 is 14.2 Å². The van der Waals surface area contributed by atoms with Gasteiger partial charge in [-0.3, -0.25) is 5.32 Å². The van der Waals surface area contributed by atoms with Crippen molar-refractivity contribution in [1.29, 1.82) is 0 Å². The van der Waals surface area contributed by atoms with Gasteiger partial charge in [0, 0.05) is 6.54 Å². The van der Waals surface area contributed by atoms with Crippen molar-refractivity contribution in [1.82, 2.24) is 5.32 Å². The van der Waals surface area contributed by atoms with Crippen molar-refractivity contribution in [3.05, 3.63) is 29.8 Å². The smallest absolute Gasteiger partial charge is 0.148 e. The third-order valence-electron chi connectivity index (χ3n) is 2.26. The van der Waals surface area contributed by atoms with Gasteiger partial charge in [-0.15, -0.1) is 0 Å². The largest absolute Gasteiger partial charge is 0.488 e. The van der Waals surface area contributed by atoms with Gasteiger partial charge in [0.1, 0.15) is 17.6 Å². The molecule has 0 saturated heterocycles. The van der Waals surface area contributed by atoms with Crippen molar-refractivity contribution in [2.75, 3.05) is 6.54 Å². The van der Waals surface area contributed by atoms with Gasteiger partial charge < -0.3 is 9.84 Å². The van der Waals surface area contributed by atoms with Crippen LogP contribution in [0.3, 0.4) is 0 Å². The molecule has 0 saturated carbocycles. The third-order valence-corrected chi connectivity index (χ3v) is 2.26. The summed E-state index contributed by atoms with van der Waals surface area (Å²) in [5, 5.41) is 12.5. The minimum Gasteiger partial charge on any atom is -0.488 e. The number of nitrogens with one attached hydrogen (secondary N) is 1. The second-order valence-electron chi connectivity index (χ2n) is 5.33. The van der Waals surface area contributed by atoms with Gasteiger partial charge in [-0.25, -0.2) is 4.39 Å². The molecule has 1 rings (SSSR count). The first-order chi connectivity index (χ1) is 8.28. The highest BCUT2D eigenvalue weighted by Crippen LogP contribution is 2.22. The predicted octanol–water partition coefficient (Wildman–Crippen LogP) is 2.80. The zero-order chi connectivity index (χ0) is 13.8. The quantitative estimate of drug-likeness (QED) is 0.795. The molecule has 2 atom stereocenters. The predicted molar refractivity (Wildman–Crippen MR) is 70.4 cm³/mol. The van der Waals surface area contributed by atoms with E-state index in [0.717, 1.165) is 0 Å². The lowest BCUT2D eigenvalue weighted by Gasteiger charge is -2.22. The van der Waals surface area contributed by atoms with Gasteiger partial charge in [-0.05, 0) is 45.4 Å². The number of ether oxygens (including phenoxy) is 1. The van der Waals surface area contributed by atoms with E-state index in [1.54, 1.807) is 12.1 Å². The summed E-state index contributed by atoms with van der Waals surface area (Å²) in [6, 6.07) is 7.23. The molecule has 2 N–H and O–H groups in total. The molecule has 0 aliphatic heterocycles. The maximum Gasteiger partial charge on any atom is 0.148 e. The highest BCUT2D eigenvalue weighted by Gasteiger charge is 2.14. The fourth-order valence-electron chi connectivity index (χ4n) is 1.53. The molecule has 0 aromatic heterocycles. The van der Waals surface area contributed by atoms with Gasteiger partial charge in [-0.1, -0.05) is 12.1 Å². The van der Waals surface area contributed by atoms with Crippen LogP contribution in [-0.2, 0) is 0 Å². The minimum atomic E-state index is -1.13. The van der Waals surface area contributed by atoms with E-state index in [2.05, 4.69) is 5.32 Å². The van der Waals surface area contributed by atoms with Crippen molar-refractivity contribution >= 4 is 0 Å². The number of halogens is 1. The lowest BCUT2D eigenvalue weighted by molar-refractivity contribution is 0.128. The molecule has 4 heteroatoms. The molecule has 2 unspecified atom stereocenters. The molecular weight excluding hydrogens is 233 g/mol. The van der Waals surface area contributed by atoms with Gasteiger partial charge in [0.2, 0.25) is 0 Å². The Labute approximate surface area is 108 Å². The van der Waals surface area contributed by atoms with E-state index in [-0.39, 0.29) is 12.1 Å². The third kappa shape index (κ3) is 5.47. The first-order valence-electron chi connectivity index (χ1n) is 6.12. The van der Waals surface area contributed by atoms with E-state index in [9.17, 15) is 9.50 Å². The average Bonchev–Trinajstić information content (AvgIpc) is 2.23. The number of aliphatic hydroxyl groups is 1. The first-order valence-corrected chi connectivity index (χ1v) is 6.12. The van der Waals surface area contributed by atoms with Gasteiger partial charge in [-0.2, -0.15) is 0 Å². The Balaban J connectivity index is 2.69. The molecule has 18 heavy (non-hydrogen) atoms. The summed E-state index contributed by atoms with van der Waals surface area (Å²) in [6.45, 7) is 7.45. The van der Waals surface area contributed by atoms with Crippen molar-refractivity contribution in [3.8, 4) is 5.75 Å². The van der Waals surface area contributed by atoms with Crippen LogP contribution in [-0.4, -0.2) is 23.5 Å². The van der Waals surface area contributed by atoms with Crippen LogP contribution in [0.2, 0.25) is 0 Å². The molecule has 0 fully saturated rings. The van der Waals surface area contributed by atoms with Crippen LogP contribution in [0.25, 0.3) is 0 Å². The van der Waals surface area contributed by atoms with Crippen molar-refractivity contribution in [3.63, 3.8) is 0 Å². The summed E-state index contributed by atoms with van der Waals surface area (Å²) in [5.74, 6) is 0.701. The molecule has 102 valence electrons. The Kier molecular flexibility index (Phi) is 5.11. The van der Waals surface area contributed by atoms with E-state index < -0.39 is 12.4 Å². The molecule has 0 spiro atoms. The molecule has 0 heterocycles. The van der Waals surface area contributed by atoms with Gasteiger partial charge >= 0.3 is 0 Å². The van der Waals surface area contributed by atoms with E-state index in [1.807, 2.05) is 32.9 Å². The number of aliphatic hydroxyl groups excluding tert-OH is 1. The van der Waals surface area contributed by atoms with E-state index >= 15 is 0 Å². The van der Waals surface area contributed by atoms with Crippen LogP contribution in [0, 0.1) is 0 Å². The fraction of sp³-hybridized carbons (Fsp3) is 0.571. The molecule has 0 aliphatic carbocycles. The van der Waals surface area contributed by atoms with Crippen LogP contribution >= 0.6 is 0 Å². The summed E-state index contributed by atoms with van der Waals surface area (Å²) in [6.07, 6.45) is -1.87. The number of benzene rings is 1. The molecule has 0 amide bonds. The Morgan fingerprint density at radius 1 is 1.39 bits per heavy atom. The van der Waals surface area contributed by atoms with Crippen LogP contribution in [0.1, 0.15) is 39.4 Å². The van der Waals surface area contributed by atoms with E-state index in [4.69, 9.17) is 4.74 Å². The fourth-order valence-corrected chi connectivity index (χ4v) is 1.53. The lowest BCUT2D eigenvalue weighted by atomic mass is 10.1. The van der Waals surface area contributed by atoms with Crippen LogP contribution in [0.5, 0.6) is 5.75 Å². The topological polar surface area (TPSA) is 41.5 Å². The SMILES string of the molecule is CC(F)NCC(O)c1cccc(OC(C)(C)C)c1. The second-order valence-corrected chi connectivity index (χ2v) is 5.33. The Bertz CT molecular complexity index is 374. The molecule has 3 nitrogen and oxygen atoms in total. The molecule has 1 aromatic rings. The summed E-state index contributed by atoms with van der Waals surface area (Å²) in [4.78, 5) is 0. The number of alkyl halides is 1. The van der Waals surface area contributed by atoms with Crippen molar-refractivity contribution in [2.24, 2.45) is 0 Å². The van der Waals surface area contributed by atoms with E-state index in [0.29, 0.717) is 11.3 Å². The maximum absolute atomic E-state index is 12.6. The second kappa shape index (κ2) is 6.16. The zero-order valence-corrected chi connectivity index (χ0v) is 11.4. The van der Waals surface area contributed by atoms with Gasteiger partial charge in [0.05, 0.1) is 6.10 Å². The Morgan fingerprint density at radius 2 is 2.06 bits per heavy atom. The summed E-state index contributed by atoms with van der Waals surface area (Å²) >= 11 is 0. The molecule has 1 aromatic carbocycles.